The first-order valence-corrected chi connectivity index (χ1v) is 10.1. The highest BCUT2D eigenvalue weighted by Gasteiger charge is 2.21. The largest absolute Gasteiger partial charge is 0.480 e. The van der Waals surface area contributed by atoms with E-state index < -0.39 is 23.9 Å². The molecule has 168 valence electrons. The standard InChI is InChI=1S/C25H19F2NO5/c26-19-7-4-15(5-8-19)10-22(24(29)30)28-25(31)32-14-21-13-18-11-17(6-9-23(18)33-21)16-2-1-3-20(27)12-16/h1-9,11-13,22H,10,14H2,(H,28,31)(H,29,30)/t22-/m0/s1. The molecule has 3 aromatic carbocycles. The van der Waals surface area contributed by atoms with Gasteiger partial charge in [-0.1, -0.05) is 30.3 Å². The van der Waals surface area contributed by atoms with Gasteiger partial charge in [0.05, 0.1) is 0 Å². The molecule has 1 heterocycles. The maximum Gasteiger partial charge on any atom is 0.408 e. The van der Waals surface area contributed by atoms with Crippen LogP contribution < -0.4 is 5.32 Å². The molecule has 0 aliphatic heterocycles. The number of nitrogens with one attached hydrogen (secondary N) is 1. The monoisotopic (exact) mass is 451 g/mol. The quantitative estimate of drug-likeness (QED) is 0.398. The molecular weight excluding hydrogens is 432 g/mol. The molecule has 0 spiro atoms. The van der Waals surface area contributed by atoms with Crippen LogP contribution in [-0.4, -0.2) is 23.2 Å². The highest BCUT2D eigenvalue weighted by molar-refractivity contribution is 5.84. The number of halogens is 2. The van der Waals surface area contributed by atoms with Crippen molar-refractivity contribution in [3.8, 4) is 11.1 Å². The number of rotatable bonds is 7. The lowest BCUT2D eigenvalue weighted by Gasteiger charge is -2.14. The minimum absolute atomic E-state index is 0.0296. The zero-order valence-electron chi connectivity index (χ0n) is 17.3. The number of carbonyl (C=O) groups is 2. The van der Waals surface area contributed by atoms with E-state index in [2.05, 4.69) is 5.32 Å². The average Bonchev–Trinajstić information content (AvgIpc) is 3.21. The van der Waals surface area contributed by atoms with E-state index in [1.54, 1.807) is 30.3 Å². The molecule has 1 amide bonds. The summed E-state index contributed by atoms with van der Waals surface area (Å²) >= 11 is 0. The molecule has 0 saturated heterocycles. The van der Waals surface area contributed by atoms with Gasteiger partial charge in [0.15, 0.2) is 6.61 Å². The van der Waals surface area contributed by atoms with Gasteiger partial charge in [0.2, 0.25) is 0 Å². The molecule has 0 bridgehead atoms. The molecule has 0 aliphatic rings. The minimum Gasteiger partial charge on any atom is -0.480 e. The average molecular weight is 451 g/mol. The Kier molecular flexibility index (Phi) is 6.35. The SMILES string of the molecule is O=C(N[C@@H](Cc1ccc(F)cc1)C(=O)O)OCc1cc2cc(-c3cccc(F)c3)ccc2o1. The van der Waals surface area contributed by atoms with Gasteiger partial charge in [-0.05, 0) is 59.2 Å². The van der Waals surface area contributed by atoms with Gasteiger partial charge in [0.25, 0.3) is 0 Å². The van der Waals surface area contributed by atoms with Crippen LogP contribution in [0, 0.1) is 11.6 Å². The predicted molar refractivity (Wildman–Crippen MR) is 116 cm³/mol. The van der Waals surface area contributed by atoms with E-state index in [0.29, 0.717) is 16.9 Å². The summed E-state index contributed by atoms with van der Waals surface area (Å²) in [6.07, 6.45) is -0.955. The van der Waals surface area contributed by atoms with Gasteiger partial charge in [-0.25, -0.2) is 18.4 Å². The van der Waals surface area contributed by atoms with E-state index in [-0.39, 0.29) is 18.8 Å². The number of ether oxygens (including phenoxy) is 1. The van der Waals surface area contributed by atoms with E-state index >= 15 is 0 Å². The number of benzene rings is 3. The van der Waals surface area contributed by atoms with Gasteiger partial charge in [-0.2, -0.15) is 0 Å². The van der Waals surface area contributed by atoms with Crippen LogP contribution in [0.4, 0.5) is 13.6 Å². The molecule has 4 rings (SSSR count). The van der Waals surface area contributed by atoms with Crippen LogP contribution in [0.5, 0.6) is 0 Å². The van der Waals surface area contributed by atoms with Gasteiger partial charge in [-0.15, -0.1) is 0 Å². The Morgan fingerprint density at radius 2 is 1.70 bits per heavy atom. The number of carbonyl (C=O) groups excluding carboxylic acids is 1. The first kappa shape index (κ1) is 22.0. The zero-order chi connectivity index (χ0) is 23.4. The fourth-order valence-electron chi connectivity index (χ4n) is 3.39. The Morgan fingerprint density at radius 1 is 0.939 bits per heavy atom. The number of amides is 1. The third-order valence-corrected chi connectivity index (χ3v) is 5.01. The summed E-state index contributed by atoms with van der Waals surface area (Å²) in [6.45, 7) is -0.210. The van der Waals surface area contributed by atoms with E-state index in [0.717, 1.165) is 16.5 Å². The molecule has 1 atom stereocenters. The molecular formula is C25H19F2NO5. The Balaban J connectivity index is 1.39. The summed E-state index contributed by atoms with van der Waals surface area (Å²) < 4.78 is 37.3. The molecule has 0 saturated carbocycles. The van der Waals surface area contributed by atoms with Gasteiger partial charge in [-0.3, -0.25) is 0 Å². The maximum atomic E-state index is 13.5. The highest BCUT2D eigenvalue weighted by atomic mass is 19.1. The molecule has 0 unspecified atom stereocenters. The van der Waals surface area contributed by atoms with E-state index in [1.165, 1.54) is 36.4 Å². The first-order valence-electron chi connectivity index (χ1n) is 10.1. The van der Waals surface area contributed by atoms with Crippen molar-refractivity contribution in [2.45, 2.75) is 19.1 Å². The fraction of sp³-hybridized carbons (Fsp3) is 0.120. The van der Waals surface area contributed by atoms with Gasteiger partial charge >= 0.3 is 12.1 Å². The Hall–Kier alpha value is -4.20. The van der Waals surface area contributed by atoms with Crippen molar-refractivity contribution < 1.29 is 32.6 Å². The molecule has 8 heteroatoms. The van der Waals surface area contributed by atoms with Crippen molar-refractivity contribution in [3.63, 3.8) is 0 Å². The predicted octanol–water partition coefficient (Wildman–Crippen LogP) is 5.30. The molecule has 2 N–H and O–H groups in total. The van der Waals surface area contributed by atoms with Gasteiger partial charge in [0.1, 0.15) is 29.0 Å². The number of carboxylic acid groups (broad SMARTS) is 1. The van der Waals surface area contributed by atoms with Crippen molar-refractivity contribution in [3.05, 3.63) is 95.8 Å². The van der Waals surface area contributed by atoms with Crippen molar-refractivity contribution in [1.82, 2.24) is 5.32 Å². The maximum absolute atomic E-state index is 13.5. The molecule has 33 heavy (non-hydrogen) atoms. The first-order chi connectivity index (χ1) is 15.9. The second kappa shape index (κ2) is 9.52. The van der Waals surface area contributed by atoms with Crippen LogP contribution in [0.25, 0.3) is 22.1 Å². The van der Waals surface area contributed by atoms with Crippen LogP contribution in [0.2, 0.25) is 0 Å². The molecule has 0 fully saturated rings. The van der Waals surface area contributed by atoms with Crippen molar-refractivity contribution in [2.24, 2.45) is 0 Å². The Bertz CT molecular complexity index is 1300. The van der Waals surface area contributed by atoms with E-state index in [1.807, 2.05) is 6.07 Å². The third-order valence-electron chi connectivity index (χ3n) is 5.01. The van der Waals surface area contributed by atoms with Crippen LogP contribution in [0.1, 0.15) is 11.3 Å². The number of furan rings is 1. The third kappa shape index (κ3) is 5.54. The molecule has 0 aliphatic carbocycles. The topological polar surface area (TPSA) is 88.8 Å². The van der Waals surface area contributed by atoms with Crippen molar-refractivity contribution in [2.75, 3.05) is 0 Å². The van der Waals surface area contributed by atoms with Crippen molar-refractivity contribution >= 4 is 23.0 Å². The number of alkyl carbamates (subject to hydrolysis) is 1. The fourth-order valence-corrected chi connectivity index (χ4v) is 3.39. The summed E-state index contributed by atoms with van der Waals surface area (Å²) in [5.74, 6) is -1.65. The van der Waals surface area contributed by atoms with Crippen LogP contribution >= 0.6 is 0 Å². The van der Waals surface area contributed by atoms with Crippen LogP contribution in [0.15, 0.2) is 77.2 Å². The van der Waals surface area contributed by atoms with Crippen LogP contribution in [-0.2, 0) is 22.6 Å². The number of hydrogen-bond donors (Lipinski definition) is 2. The summed E-state index contributed by atoms with van der Waals surface area (Å²) in [5.41, 5.74) is 2.64. The number of hydrogen-bond acceptors (Lipinski definition) is 4. The lowest BCUT2D eigenvalue weighted by Crippen LogP contribution is -2.42. The number of carboxylic acids is 1. The van der Waals surface area contributed by atoms with E-state index in [4.69, 9.17) is 9.15 Å². The Labute approximate surface area is 187 Å². The normalized spacial score (nSPS) is 11.8. The smallest absolute Gasteiger partial charge is 0.408 e. The molecule has 4 aromatic rings. The lowest BCUT2D eigenvalue weighted by atomic mass is 10.0. The van der Waals surface area contributed by atoms with Crippen molar-refractivity contribution in [1.29, 1.82) is 0 Å². The van der Waals surface area contributed by atoms with Gasteiger partial charge in [0, 0.05) is 11.8 Å². The second-order valence-electron chi connectivity index (χ2n) is 7.42. The summed E-state index contributed by atoms with van der Waals surface area (Å²) in [7, 11) is 0. The number of fused-ring (bicyclic) bond motifs is 1. The van der Waals surface area contributed by atoms with E-state index in [9.17, 15) is 23.5 Å². The molecule has 1 aromatic heterocycles. The molecule has 6 nitrogen and oxygen atoms in total. The van der Waals surface area contributed by atoms with Crippen LogP contribution in [0.3, 0.4) is 0 Å². The summed E-state index contributed by atoms with van der Waals surface area (Å²) in [5, 5.41) is 12.4. The Morgan fingerprint density at radius 3 is 2.42 bits per heavy atom. The minimum atomic E-state index is -1.25. The highest BCUT2D eigenvalue weighted by Crippen LogP contribution is 2.27. The lowest BCUT2D eigenvalue weighted by molar-refractivity contribution is -0.139. The second-order valence-corrected chi connectivity index (χ2v) is 7.42. The summed E-state index contributed by atoms with van der Waals surface area (Å²) in [6, 6.07) is 17.4. The number of aliphatic carboxylic acids is 1. The summed E-state index contributed by atoms with van der Waals surface area (Å²) in [4.78, 5) is 23.6. The molecule has 0 radical (unpaired) electrons. The van der Waals surface area contributed by atoms with Gasteiger partial charge < -0.3 is 19.6 Å². The zero-order valence-corrected chi connectivity index (χ0v) is 17.3.